The van der Waals surface area contributed by atoms with Crippen LogP contribution in [0, 0.1) is 47.3 Å². The van der Waals surface area contributed by atoms with Gasteiger partial charge in [0.2, 0.25) is 5.91 Å². The van der Waals surface area contributed by atoms with Crippen molar-refractivity contribution in [2.24, 2.45) is 47.3 Å². The number of allylic oxidation sites excluding steroid dienone is 3. The maximum atomic E-state index is 13.5. The van der Waals surface area contributed by atoms with Gasteiger partial charge in [0, 0.05) is 18.9 Å². The van der Waals surface area contributed by atoms with Gasteiger partial charge in [-0.15, -0.1) is 0 Å². The molecule has 8 heteroatoms. The Bertz CT molecular complexity index is 1080. The Morgan fingerprint density at radius 2 is 1.86 bits per heavy atom. The van der Waals surface area contributed by atoms with Crippen molar-refractivity contribution in [3.63, 3.8) is 0 Å². The second kappa shape index (κ2) is 10.2. The Hall–Kier alpha value is -2.74. The third-order valence-corrected chi connectivity index (χ3v) is 9.99. The molecule has 5 aliphatic rings. The van der Waals surface area contributed by atoms with Crippen LogP contribution in [0.15, 0.2) is 35.6 Å². The molecule has 10 atom stereocenters. The molecule has 0 aromatic heterocycles. The molecule has 1 unspecified atom stereocenters. The van der Waals surface area contributed by atoms with Gasteiger partial charge in [-0.05, 0) is 79.3 Å². The Balaban J connectivity index is 1.47. The highest BCUT2D eigenvalue weighted by Gasteiger charge is 2.58. The van der Waals surface area contributed by atoms with Gasteiger partial charge >= 0.3 is 0 Å². The Morgan fingerprint density at radius 3 is 2.62 bits per heavy atom. The average Bonchev–Trinajstić information content (AvgIpc) is 3.48. The van der Waals surface area contributed by atoms with Crippen molar-refractivity contribution >= 4 is 23.4 Å². The van der Waals surface area contributed by atoms with Crippen molar-refractivity contribution in [3.05, 3.63) is 35.6 Å². The Kier molecular flexibility index (Phi) is 7.14. The summed E-state index contributed by atoms with van der Waals surface area (Å²) >= 11 is 0. The zero-order chi connectivity index (χ0) is 26.4. The molecule has 1 saturated heterocycles. The van der Waals surface area contributed by atoms with Crippen LogP contribution in [-0.4, -0.2) is 52.3 Å². The number of aliphatic hydroxyl groups is 2. The van der Waals surface area contributed by atoms with Crippen molar-refractivity contribution in [3.8, 4) is 0 Å². The smallest absolute Gasteiger partial charge is 0.259 e. The van der Waals surface area contributed by atoms with E-state index in [0.29, 0.717) is 36.5 Å². The zero-order valence-corrected chi connectivity index (χ0v) is 21.6. The van der Waals surface area contributed by atoms with E-state index in [1.807, 2.05) is 6.08 Å². The van der Waals surface area contributed by atoms with Crippen molar-refractivity contribution < 1.29 is 29.4 Å². The van der Waals surface area contributed by atoms with Crippen LogP contribution in [0.5, 0.6) is 0 Å². The molecule has 8 nitrogen and oxygen atoms in total. The Labute approximate surface area is 217 Å². The van der Waals surface area contributed by atoms with Gasteiger partial charge in [-0.25, -0.2) is 0 Å². The molecule has 2 amide bonds. The summed E-state index contributed by atoms with van der Waals surface area (Å²) in [5, 5.41) is 26.3. The molecule has 4 N–H and O–H groups in total. The second-order valence-electron chi connectivity index (χ2n) is 11.7. The van der Waals surface area contributed by atoms with E-state index < -0.39 is 29.6 Å². The monoisotopic (exact) mass is 510 g/mol. The van der Waals surface area contributed by atoms with Gasteiger partial charge in [0.1, 0.15) is 23.2 Å². The number of carbonyl (C=O) groups is 4. The van der Waals surface area contributed by atoms with Crippen LogP contribution < -0.4 is 10.6 Å². The number of hydrogen-bond donors (Lipinski definition) is 4. The number of hydrogen-bond acceptors (Lipinski definition) is 6. The van der Waals surface area contributed by atoms with Crippen molar-refractivity contribution in [1.29, 1.82) is 0 Å². The summed E-state index contributed by atoms with van der Waals surface area (Å²) in [5.41, 5.74) is -0.372. The summed E-state index contributed by atoms with van der Waals surface area (Å²) < 4.78 is 0. The molecule has 4 fully saturated rings. The first-order valence-electron chi connectivity index (χ1n) is 13.8. The fraction of sp³-hybridized carbons (Fsp3) is 0.655. The molecule has 5 rings (SSSR count). The number of carbonyl (C=O) groups excluding carboxylic acids is 4. The van der Waals surface area contributed by atoms with Crippen LogP contribution >= 0.6 is 0 Å². The van der Waals surface area contributed by atoms with Gasteiger partial charge < -0.3 is 20.8 Å². The fourth-order valence-corrected chi connectivity index (χ4v) is 8.25. The summed E-state index contributed by atoms with van der Waals surface area (Å²) in [7, 11) is 0. The van der Waals surface area contributed by atoms with E-state index in [-0.39, 0.29) is 53.9 Å². The predicted octanol–water partition coefficient (Wildman–Crippen LogP) is 2.39. The van der Waals surface area contributed by atoms with Gasteiger partial charge in [-0.1, -0.05) is 32.4 Å². The Morgan fingerprint density at radius 1 is 1.08 bits per heavy atom. The van der Waals surface area contributed by atoms with Crippen LogP contribution in [0.2, 0.25) is 0 Å². The second-order valence-corrected chi connectivity index (χ2v) is 11.7. The van der Waals surface area contributed by atoms with Gasteiger partial charge in [0.05, 0.1) is 6.10 Å². The maximum Gasteiger partial charge on any atom is 0.259 e. The van der Waals surface area contributed by atoms with E-state index in [4.69, 9.17) is 0 Å². The molecular weight excluding hydrogens is 472 g/mol. The lowest BCUT2D eigenvalue weighted by Crippen LogP contribution is -2.42. The van der Waals surface area contributed by atoms with Gasteiger partial charge in [-0.3, -0.25) is 19.2 Å². The standard InChI is InChI=1S/C29H38N2O6/c1-3-15-11-17-12-19-18-5-4-6-23(35)30-10-9-21(33)27-28(36)26(29(37)31-27)20(32)8-7-16(18)13-22(34)25(19)24(17)14(15)2/h4,6-8,14-19,21,24-25,27,32-33H,3,5,9-13H2,1-2H3,(H,30,35)(H,31,37)/b6-4-,8-7+,26-20?/t14-,15?,16+,17+,18-,19+,21+,24+,25-,27+/m1/s1. The lowest BCUT2D eigenvalue weighted by atomic mass is 9.63. The van der Waals surface area contributed by atoms with E-state index in [0.717, 1.165) is 12.8 Å². The number of ketones is 2. The lowest BCUT2D eigenvalue weighted by Gasteiger charge is -2.40. The van der Waals surface area contributed by atoms with E-state index in [2.05, 4.69) is 24.5 Å². The number of nitrogens with one attached hydrogen (secondary N) is 2. The maximum absolute atomic E-state index is 13.5. The van der Waals surface area contributed by atoms with Crippen LogP contribution in [0.4, 0.5) is 0 Å². The third-order valence-electron chi connectivity index (χ3n) is 9.99. The highest BCUT2D eigenvalue weighted by molar-refractivity contribution is 6.27. The highest BCUT2D eigenvalue weighted by atomic mass is 16.3. The van der Waals surface area contributed by atoms with Gasteiger partial charge in [0.25, 0.3) is 5.91 Å². The molecule has 0 aromatic carbocycles. The zero-order valence-electron chi connectivity index (χ0n) is 21.6. The topological polar surface area (TPSA) is 133 Å². The molecule has 2 bridgehead atoms. The normalized spacial score (nSPS) is 44.1. The summed E-state index contributed by atoms with van der Waals surface area (Å²) in [5.74, 6) is 0.507. The van der Waals surface area contributed by atoms with E-state index >= 15 is 0 Å². The van der Waals surface area contributed by atoms with E-state index in [1.165, 1.54) is 18.6 Å². The summed E-state index contributed by atoms with van der Waals surface area (Å²) in [6.45, 7) is 4.68. The minimum atomic E-state index is -1.20. The van der Waals surface area contributed by atoms with Gasteiger partial charge in [0.15, 0.2) is 5.78 Å². The lowest BCUT2D eigenvalue weighted by molar-refractivity contribution is -0.131. The number of rotatable bonds is 1. The first-order chi connectivity index (χ1) is 17.7. The van der Waals surface area contributed by atoms with Crippen molar-refractivity contribution in [2.45, 2.75) is 64.5 Å². The molecule has 37 heavy (non-hydrogen) atoms. The first kappa shape index (κ1) is 25.9. The van der Waals surface area contributed by atoms with Gasteiger partial charge in [-0.2, -0.15) is 0 Å². The molecular formula is C29H38N2O6. The molecule has 2 aliphatic heterocycles. The molecule has 3 saturated carbocycles. The number of Topliss-reactive ketones (excluding diaryl/α,β-unsaturated/α-hetero) is 2. The predicted molar refractivity (Wildman–Crippen MR) is 136 cm³/mol. The summed E-state index contributed by atoms with van der Waals surface area (Å²) in [6.07, 6.45) is 9.70. The first-order valence-corrected chi connectivity index (χ1v) is 13.8. The van der Waals surface area contributed by atoms with Crippen LogP contribution in [-0.2, 0) is 19.2 Å². The average molecular weight is 511 g/mol. The molecule has 0 radical (unpaired) electrons. The molecule has 0 spiro atoms. The fourth-order valence-electron chi connectivity index (χ4n) is 8.25. The largest absolute Gasteiger partial charge is 0.507 e. The summed E-state index contributed by atoms with van der Waals surface area (Å²) in [6, 6.07) is -1.17. The van der Waals surface area contributed by atoms with Crippen LogP contribution in [0.1, 0.15) is 52.4 Å². The van der Waals surface area contributed by atoms with E-state index in [1.54, 1.807) is 6.08 Å². The molecule has 0 aromatic rings. The van der Waals surface area contributed by atoms with Crippen molar-refractivity contribution in [1.82, 2.24) is 10.6 Å². The summed E-state index contributed by atoms with van der Waals surface area (Å²) in [4.78, 5) is 51.2. The van der Waals surface area contributed by atoms with E-state index in [9.17, 15) is 29.4 Å². The minimum Gasteiger partial charge on any atom is -0.507 e. The van der Waals surface area contributed by atoms with Crippen molar-refractivity contribution in [2.75, 3.05) is 6.54 Å². The molecule has 200 valence electrons. The molecule has 2 heterocycles. The minimum absolute atomic E-state index is 0.0374. The van der Waals surface area contributed by atoms with Crippen LogP contribution in [0.25, 0.3) is 0 Å². The highest BCUT2D eigenvalue weighted by Crippen LogP contribution is 2.61. The number of aliphatic hydroxyl groups excluding tert-OH is 2. The number of fused-ring (bicyclic) bond motifs is 7. The third kappa shape index (κ3) is 4.58. The van der Waals surface area contributed by atoms with Crippen LogP contribution in [0.3, 0.4) is 0 Å². The number of amides is 2. The quantitative estimate of drug-likeness (QED) is 0.401. The SMILES string of the molecule is CCC1C[C@H]2C[C@H]3[C@@H]4C/C=C\C(=O)NCC[C@H](O)[C@@H]5NC(=O)C(=C(O)/C=C/[C@H]4CC(=O)[C@@H]3[C@H]2[C@@H]1C)C5=O. The molecule has 3 aliphatic carbocycles.